The van der Waals surface area contributed by atoms with Gasteiger partial charge in [0.2, 0.25) is 0 Å². The summed E-state index contributed by atoms with van der Waals surface area (Å²) in [5.74, 6) is -1.85. The Hall–Kier alpha value is -3.20. The molecule has 20 N–H and O–H groups in total. The average molecular weight is 1300 g/mol. The second-order valence-corrected chi connectivity index (χ2v) is 22.1. The fourth-order valence-corrected chi connectivity index (χ4v) is 11.5. The molecule has 0 aromatic heterocycles. The van der Waals surface area contributed by atoms with E-state index in [4.69, 9.17) is 71.1 Å². The molecule has 1 aromatic carbocycles. The summed E-state index contributed by atoms with van der Waals surface area (Å²) in [4.78, 5) is 25.5. The molecule has 0 unspecified atom stereocenters. The van der Waals surface area contributed by atoms with Crippen LogP contribution in [0.25, 0.3) is 0 Å². The Morgan fingerprint density at radius 2 is 0.472 bits per heavy atom. The molecule has 508 valence electrons. The molecule has 21 heterocycles. The molecule has 1 aromatic rings. The first kappa shape index (κ1) is 70.1. The van der Waals surface area contributed by atoms with Gasteiger partial charge in [0.05, 0.1) is 57.9 Å². The van der Waals surface area contributed by atoms with Crippen molar-refractivity contribution in [3.05, 3.63) is 35.4 Å². The van der Waals surface area contributed by atoms with Crippen molar-refractivity contribution in [2.75, 3.05) is 53.4 Å². The molecule has 21 aliphatic heterocycles. The van der Waals surface area contributed by atoms with E-state index in [1.807, 2.05) is 0 Å². The van der Waals surface area contributed by atoms with E-state index in [9.17, 15) is 112 Å². The van der Waals surface area contributed by atoms with Crippen LogP contribution in [0.2, 0.25) is 0 Å². The van der Waals surface area contributed by atoms with Crippen molar-refractivity contribution in [1.82, 2.24) is 0 Å². The molecule has 0 spiro atoms. The van der Waals surface area contributed by atoms with Crippen molar-refractivity contribution in [3.8, 4) is 0 Å². The van der Waals surface area contributed by atoms with Crippen molar-refractivity contribution < 1.29 is 188 Å². The number of aliphatic hydroxyl groups is 20. The highest BCUT2D eigenvalue weighted by molar-refractivity contribution is 5.93. The van der Waals surface area contributed by atoms with Crippen molar-refractivity contribution >= 4 is 11.9 Å². The van der Waals surface area contributed by atoms with Crippen LogP contribution in [0.4, 0.5) is 0 Å². The van der Waals surface area contributed by atoms with Gasteiger partial charge in [0.15, 0.2) is 44.0 Å². The van der Waals surface area contributed by atoms with E-state index in [-0.39, 0.29) is 11.1 Å². The SMILES string of the molecule is COC(=O)c1ccc(C(=O)OC[C@H]2O[C@@H]3O[C@H]4[C@H](O)[C@@H](O)[C@@H](O[C@H]5[C@H](O)[C@@H](O)[C@@H](O[C@H]6[C@H](O)[C@@H](O)[C@@H](O[C@H]7[C@H](O)[C@@H](O)[C@@H](O[C@H]8[C@H](O)[C@@H](O)[C@@H](O[C@H]9[C@H](O)[C@@H](O)[C@@H](O[C@H]2[C@H](O)[C@H]3O)O[C@@H]9CO)O[C@@H]8CO)O[C@@H]7CO)O[C@@H]6CO)O[C@@H]5CO)O[C@@H]4CO)cc1. The first-order chi connectivity index (χ1) is 42.4. The number of hydrogen-bond acceptors (Lipinski definition) is 38. The highest BCUT2D eigenvalue weighted by Crippen LogP contribution is 2.39. The van der Waals surface area contributed by atoms with E-state index in [1.54, 1.807) is 0 Å². The van der Waals surface area contributed by atoms with Crippen molar-refractivity contribution in [3.63, 3.8) is 0 Å². The average Bonchev–Trinajstić information content (AvgIpc) is 0.995. The van der Waals surface area contributed by atoms with Crippen LogP contribution in [0, 0.1) is 0 Å². The normalized spacial score (nSPS) is 49.3. The molecule has 22 rings (SSSR count). The van der Waals surface area contributed by atoms with E-state index in [1.165, 1.54) is 24.3 Å². The molecule has 21 aliphatic rings. The summed E-state index contributed by atoms with van der Waals surface area (Å²) in [6, 6.07) is 4.81. The number of aliphatic hydroxyl groups excluding tert-OH is 20. The molecule has 35 atom stereocenters. The number of rotatable bonds is 10. The third kappa shape index (κ3) is 14.3. The van der Waals surface area contributed by atoms with Crippen molar-refractivity contribution in [2.24, 2.45) is 0 Å². The minimum atomic E-state index is -2.32. The third-order valence-corrected chi connectivity index (χ3v) is 16.5. The smallest absolute Gasteiger partial charge is 0.338 e. The van der Waals surface area contributed by atoms with Gasteiger partial charge in [-0.15, -0.1) is 0 Å². The molecule has 0 aliphatic carbocycles. The maximum absolute atomic E-state index is 13.4. The highest BCUT2D eigenvalue weighted by Gasteiger charge is 2.60. The molecular weight excluding hydrogens is 1220 g/mol. The number of esters is 2. The summed E-state index contributed by atoms with van der Waals surface area (Å²) in [5, 5.41) is 224. The van der Waals surface area contributed by atoms with Crippen LogP contribution < -0.4 is 0 Å². The molecule has 0 saturated carbocycles. The maximum Gasteiger partial charge on any atom is 0.338 e. The Morgan fingerprint density at radius 1 is 0.292 bits per heavy atom. The van der Waals surface area contributed by atoms with E-state index in [2.05, 4.69) is 4.74 Å². The second kappa shape index (κ2) is 30.0. The first-order valence-electron chi connectivity index (χ1n) is 28.1. The molecule has 0 amide bonds. The fraction of sp³-hybridized carbons (Fsp3) is 0.843. The van der Waals surface area contributed by atoms with Crippen LogP contribution in [0.15, 0.2) is 24.3 Å². The lowest BCUT2D eigenvalue weighted by molar-refractivity contribution is -0.396. The third-order valence-electron chi connectivity index (χ3n) is 16.5. The number of carbonyl (C=O) groups excluding carboxylic acids is 2. The van der Waals surface area contributed by atoms with Gasteiger partial charge in [-0.3, -0.25) is 0 Å². The number of benzene rings is 1. The summed E-state index contributed by atoms with van der Waals surface area (Å²) in [6.45, 7) is -7.49. The summed E-state index contributed by atoms with van der Waals surface area (Å²) in [5.41, 5.74) is -0.122. The Labute approximate surface area is 502 Å². The Morgan fingerprint density at radius 3 is 0.663 bits per heavy atom. The minimum absolute atomic E-state index is 0.0409. The maximum atomic E-state index is 13.4. The summed E-state index contributed by atoms with van der Waals surface area (Å²) >= 11 is 0. The van der Waals surface area contributed by atoms with Gasteiger partial charge in [-0.05, 0) is 24.3 Å². The largest absolute Gasteiger partial charge is 0.465 e. The van der Waals surface area contributed by atoms with Crippen LogP contribution in [-0.2, 0) is 75.8 Å². The van der Waals surface area contributed by atoms with E-state index < -0.39 is 273 Å². The monoisotopic (exact) mass is 1300 g/mol. The molecule has 14 bridgehead atoms. The van der Waals surface area contributed by atoms with Gasteiger partial charge in [-0.25, -0.2) is 9.59 Å². The standard InChI is InChI=1S/C51H76O38/c1-74-43(72)13-2-4-14(5-3-13)44(73)75-12-21-42-28(64)35(71)51(82-21)88-41-20(11-57)80-49(33(69)26(41)62)86-39-18(9-55)78-47(31(67)24(39)60)84-37-16(7-53)76-45(29(65)22(37)58)83-36-15(6-52)77-46(30(66)23(36)59)85-38-17(8-54)79-48(32(68)25(38)61)87-40-19(10-56)81-50(89-42)34(70)27(40)63/h2-5,15-42,45-71H,6-12H2,1H3/t15-,16-,17-,18-,19-,20-,21-,22-,23-,24-,25-,26-,27-,28-,29-,30-,31-,32-,33-,34-,35-,36-,37-,38-,39-,40-,41-,42-,45-,46-,47-,48-,49-,50-,51-/m1/s1. The quantitative estimate of drug-likeness (QED) is 0.0967. The summed E-state index contributed by atoms with van der Waals surface area (Å²) in [6.07, 6.45) is -72.5. The lowest BCUT2D eigenvalue weighted by atomic mass is 9.95. The zero-order valence-electron chi connectivity index (χ0n) is 46.8. The van der Waals surface area contributed by atoms with E-state index in [0.29, 0.717) is 0 Å². The van der Waals surface area contributed by atoms with Crippen LogP contribution in [0.3, 0.4) is 0 Å². The minimum Gasteiger partial charge on any atom is -0.465 e. The van der Waals surface area contributed by atoms with Crippen molar-refractivity contribution in [2.45, 2.75) is 215 Å². The Bertz CT molecular complexity index is 2400. The van der Waals surface area contributed by atoms with E-state index in [0.717, 1.165) is 7.11 Å². The molecule has 38 heteroatoms. The van der Waals surface area contributed by atoms with Crippen LogP contribution in [0.5, 0.6) is 0 Å². The van der Waals surface area contributed by atoms with Gasteiger partial charge in [0.25, 0.3) is 0 Å². The zero-order chi connectivity index (χ0) is 64.6. The van der Waals surface area contributed by atoms with Gasteiger partial charge < -0.3 is 178 Å². The van der Waals surface area contributed by atoms with Gasteiger partial charge in [-0.1, -0.05) is 0 Å². The summed E-state index contributed by atoms with van der Waals surface area (Å²) in [7, 11) is 1.12. The zero-order valence-corrected chi connectivity index (χ0v) is 46.8. The molecule has 21 saturated heterocycles. The molecule has 21 fully saturated rings. The van der Waals surface area contributed by atoms with Crippen LogP contribution in [-0.4, -0.2) is 382 Å². The number of hydrogen-bond donors (Lipinski definition) is 20. The number of ether oxygens (including phenoxy) is 16. The lowest BCUT2D eigenvalue weighted by Crippen LogP contribution is -2.68. The van der Waals surface area contributed by atoms with Crippen molar-refractivity contribution in [1.29, 1.82) is 0 Å². The molecular formula is C51H76O38. The van der Waals surface area contributed by atoms with Gasteiger partial charge in [-0.2, -0.15) is 0 Å². The molecule has 0 radical (unpaired) electrons. The topological polar surface area (TPSA) is 586 Å². The fourth-order valence-electron chi connectivity index (χ4n) is 11.5. The number of methoxy groups -OCH3 is 1. The highest BCUT2D eigenvalue weighted by atomic mass is 16.8. The summed E-state index contributed by atoms with van der Waals surface area (Å²) < 4.78 is 90.9. The Balaban J connectivity index is 1.02. The van der Waals surface area contributed by atoms with Gasteiger partial charge in [0, 0.05) is 0 Å². The van der Waals surface area contributed by atoms with Crippen LogP contribution >= 0.6 is 0 Å². The predicted octanol–water partition coefficient (Wildman–Crippen LogP) is -13.6. The van der Waals surface area contributed by atoms with Gasteiger partial charge >= 0.3 is 11.9 Å². The van der Waals surface area contributed by atoms with Gasteiger partial charge in [0.1, 0.15) is 178 Å². The second-order valence-electron chi connectivity index (χ2n) is 22.1. The Kier molecular flexibility index (Phi) is 23.7. The lowest BCUT2D eigenvalue weighted by Gasteiger charge is -2.50. The first-order valence-corrected chi connectivity index (χ1v) is 28.1. The van der Waals surface area contributed by atoms with E-state index >= 15 is 0 Å². The molecule has 89 heavy (non-hydrogen) atoms. The van der Waals surface area contributed by atoms with Crippen LogP contribution in [0.1, 0.15) is 20.7 Å². The predicted molar refractivity (Wildman–Crippen MR) is 269 cm³/mol. The molecule has 38 nitrogen and oxygen atoms in total. The number of carbonyl (C=O) groups is 2.